The Balaban J connectivity index is 1.82. The SMILES string of the molecule is CCC1CCN(CC(C)c2ccccc2)CC1. The summed E-state index contributed by atoms with van der Waals surface area (Å²) in [6.45, 7) is 8.50. The van der Waals surface area contributed by atoms with E-state index >= 15 is 0 Å². The average molecular weight is 231 g/mol. The molecule has 1 aliphatic heterocycles. The van der Waals surface area contributed by atoms with Crippen molar-refractivity contribution in [3.05, 3.63) is 35.9 Å². The van der Waals surface area contributed by atoms with Gasteiger partial charge >= 0.3 is 0 Å². The van der Waals surface area contributed by atoms with Gasteiger partial charge < -0.3 is 4.90 Å². The Hall–Kier alpha value is -0.820. The molecule has 1 saturated heterocycles. The zero-order valence-corrected chi connectivity index (χ0v) is 11.2. The van der Waals surface area contributed by atoms with Crippen molar-refractivity contribution in [2.45, 2.75) is 39.0 Å². The number of rotatable bonds is 4. The van der Waals surface area contributed by atoms with Gasteiger partial charge in [0, 0.05) is 6.54 Å². The Morgan fingerprint density at radius 2 is 1.82 bits per heavy atom. The summed E-state index contributed by atoms with van der Waals surface area (Å²) >= 11 is 0. The van der Waals surface area contributed by atoms with E-state index in [9.17, 15) is 0 Å². The predicted molar refractivity (Wildman–Crippen MR) is 74.3 cm³/mol. The fourth-order valence-corrected chi connectivity index (χ4v) is 2.85. The number of likely N-dealkylation sites (tertiary alicyclic amines) is 1. The Morgan fingerprint density at radius 3 is 2.41 bits per heavy atom. The van der Waals surface area contributed by atoms with E-state index in [0.29, 0.717) is 5.92 Å². The van der Waals surface area contributed by atoms with Crippen molar-refractivity contribution in [1.29, 1.82) is 0 Å². The molecule has 1 heterocycles. The quantitative estimate of drug-likeness (QED) is 0.759. The Kier molecular flexibility index (Phi) is 4.61. The monoisotopic (exact) mass is 231 g/mol. The van der Waals surface area contributed by atoms with Crippen LogP contribution in [0.4, 0.5) is 0 Å². The van der Waals surface area contributed by atoms with Crippen LogP contribution in [0.15, 0.2) is 30.3 Å². The first-order valence-electron chi connectivity index (χ1n) is 7.07. The number of benzene rings is 1. The zero-order chi connectivity index (χ0) is 12.1. The van der Waals surface area contributed by atoms with Crippen molar-refractivity contribution in [1.82, 2.24) is 4.90 Å². The molecular formula is C16H25N. The van der Waals surface area contributed by atoms with Gasteiger partial charge in [-0.3, -0.25) is 0 Å². The van der Waals surface area contributed by atoms with Crippen LogP contribution in [0.2, 0.25) is 0 Å². The summed E-state index contributed by atoms with van der Waals surface area (Å²) in [6.07, 6.45) is 4.16. The van der Waals surface area contributed by atoms with Gasteiger partial charge in [-0.1, -0.05) is 50.6 Å². The van der Waals surface area contributed by atoms with E-state index in [0.717, 1.165) is 5.92 Å². The molecule has 1 heteroatoms. The highest BCUT2D eigenvalue weighted by atomic mass is 15.1. The van der Waals surface area contributed by atoms with Crippen LogP contribution in [-0.4, -0.2) is 24.5 Å². The van der Waals surface area contributed by atoms with E-state index in [-0.39, 0.29) is 0 Å². The molecule has 1 aliphatic rings. The van der Waals surface area contributed by atoms with Crippen molar-refractivity contribution in [3.8, 4) is 0 Å². The Bertz CT molecular complexity index is 312. The molecule has 0 spiro atoms. The molecule has 0 saturated carbocycles. The number of nitrogens with zero attached hydrogens (tertiary/aromatic N) is 1. The van der Waals surface area contributed by atoms with Crippen LogP contribution in [0.3, 0.4) is 0 Å². The van der Waals surface area contributed by atoms with Gasteiger partial charge in [0.25, 0.3) is 0 Å². The minimum absolute atomic E-state index is 0.661. The molecule has 94 valence electrons. The summed E-state index contributed by atoms with van der Waals surface area (Å²) < 4.78 is 0. The van der Waals surface area contributed by atoms with Crippen LogP contribution >= 0.6 is 0 Å². The van der Waals surface area contributed by atoms with Crippen LogP contribution in [-0.2, 0) is 0 Å². The number of piperidine rings is 1. The minimum atomic E-state index is 0.661. The normalized spacial score (nSPS) is 20.4. The second kappa shape index (κ2) is 6.20. The molecule has 2 rings (SSSR count). The molecule has 1 atom stereocenters. The molecule has 0 radical (unpaired) electrons. The van der Waals surface area contributed by atoms with Gasteiger partial charge in [-0.2, -0.15) is 0 Å². The molecular weight excluding hydrogens is 206 g/mol. The van der Waals surface area contributed by atoms with Crippen LogP contribution in [0.25, 0.3) is 0 Å². The van der Waals surface area contributed by atoms with Gasteiger partial charge in [0.15, 0.2) is 0 Å². The summed E-state index contributed by atoms with van der Waals surface area (Å²) in [5, 5.41) is 0. The first-order chi connectivity index (χ1) is 8.29. The summed E-state index contributed by atoms with van der Waals surface area (Å²) in [7, 11) is 0. The van der Waals surface area contributed by atoms with Gasteiger partial charge in [0.1, 0.15) is 0 Å². The lowest BCUT2D eigenvalue weighted by molar-refractivity contribution is 0.175. The fourth-order valence-electron chi connectivity index (χ4n) is 2.85. The van der Waals surface area contributed by atoms with E-state index in [2.05, 4.69) is 49.1 Å². The molecule has 0 aliphatic carbocycles. The van der Waals surface area contributed by atoms with Gasteiger partial charge in [-0.15, -0.1) is 0 Å². The van der Waals surface area contributed by atoms with Gasteiger partial charge in [0.05, 0.1) is 0 Å². The van der Waals surface area contributed by atoms with E-state index in [1.165, 1.54) is 44.5 Å². The summed E-state index contributed by atoms with van der Waals surface area (Å²) in [4.78, 5) is 2.64. The zero-order valence-electron chi connectivity index (χ0n) is 11.2. The molecule has 1 nitrogen and oxygen atoms in total. The molecule has 0 bridgehead atoms. The molecule has 17 heavy (non-hydrogen) atoms. The third-order valence-corrected chi connectivity index (χ3v) is 4.19. The van der Waals surface area contributed by atoms with Crippen molar-refractivity contribution in [3.63, 3.8) is 0 Å². The number of hydrogen-bond donors (Lipinski definition) is 0. The van der Waals surface area contributed by atoms with Gasteiger partial charge in [0.2, 0.25) is 0 Å². The van der Waals surface area contributed by atoms with E-state index in [4.69, 9.17) is 0 Å². The molecule has 1 aromatic rings. The number of hydrogen-bond acceptors (Lipinski definition) is 1. The van der Waals surface area contributed by atoms with Crippen LogP contribution in [0.5, 0.6) is 0 Å². The molecule has 1 aromatic carbocycles. The molecule has 1 fully saturated rings. The van der Waals surface area contributed by atoms with Crippen molar-refractivity contribution >= 4 is 0 Å². The highest BCUT2D eigenvalue weighted by Gasteiger charge is 2.19. The Labute approximate surface area is 106 Å². The van der Waals surface area contributed by atoms with E-state index in [1.54, 1.807) is 0 Å². The third kappa shape index (κ3) is 3.57. The maximum atomic E-state index is 2.64. The maximum absolute atomic E-state index is 2.64. The van der Waals surface area contributed by atoms with E-state index < -0.39 is 0 Å². The summed E-state index contributed by atoms with van der Waals surface area (Å²) in [6, 6.07) is 10.9. The highest BCUT2D eigenvalue weighted by molar-refractivity contribution is 5.19. The van der Waals surface area contributed by atoms with Crippen LogP contribution in [0, 0.1) is 5.92 Å². The standard InChI is InChI=1S/C16H25N/c1-3-15-9-11-17(12-10-15)13-14(2)16-7-5-4-6-8-16/h4-8,14-15H,3,9-13H2,1-2H3. The molecule has 1 unspecified atom stereocenters. The average Bonchev–Trinajstić information content (AvgIpc) is 2.40. The molecule has 0 aromatic heterocycles. The summed E-state index contributed by atoms with van der Waals surface area (Å²) in [5.41, 5.74) is 1.48. The van der Waals surface area contributed by atoms with Gasteiger partial charge in [-0.05, 0) is 43.3 Å². The lowest BCUT2D eigenvalue weighted by atomic mass is 9.93. The Morgan fingerprint density at radius 1 is 1.18 bits per heavy atom. The van der Waals surface area contributed by atoms with Crippen molar-refractivity contribution in [2.75, 3.05) is 19.6 Å². The maximum Gasteiger partial charge on any atom is 0.00476 e. The topological polar surface area (TPSA) is 3.24 Å². The minimum Gasteiger partial charge on any atom is -0.303 e. The fraction of sp³-hybridized carbons (Fsp3) is 0.625. The highest BCUT2D eigenvalue weighted by Crippen LogP contribution is 2.23. The summed E-state index contributed by atoms with van der Waals surface area (Å²) in [5.74, 6) is 1.65. The van der Waals surface area contributed by atoms with Gasteiger partial charge in [-0.25, -0.2) is 0 Å². The second-order valence-corrected chi connectivity index (χ2v) is 5.46. The predicted octanol–water partition coefficient (Wildman–Crippen LogP) is 3.91. The van der Waals surface area contributed by atoms with Crippen LogP contribution < -0.4 is 0 Å². The largest absolute Gasteiger partial charge is 0.303 e. The molecule has 0 amide bonds. The second-order valence-electron chi connectivity index (χ2n) is 5.46. The van der Waals surface area contributed by atoms with Crippen LogP contribution in [0.1, 0.15) is 44.6 Å². The first kappa shape index (κ1) is 12.6. The van der Waals surface area contributed by atoms with Crippen molar-refractivity contribution < 1.29 is 0 Å². The lowest BCUT2D eigenvalue weighted by Crippen LogP contribution is -2.35. The smallest absolute Gasteiger partial charge is 0.00476 e. The van der Waals surface area contributed by atoms with E-state index in [1.807, 2.05) is 0 Å². The van der Waals surface area contributed by atoms with Crippen molar-refractivity contribution in [2.24, 2.45) is 5.92 Å². The molecule has 0 N–H and O–H groups in total. The lowest BCUT2D eigenvalue weighted by Gasteiger charge is -2.33. The third-order valence-electron chi connectivity index (χ3n) is 4.19. The first-order valence-corrected chi connectivity index (χ1v) is 7.07.